The number of aromatic nitrogens is 1. The van der Waals surface area contributed by atoms with Gasteiger partial charge in [0.05, 0.1) is 11.6 Å². The molecule has 1 aromatic heterocycles. The quantitative estimate of drug-likeness (QED) is 0.910. The third kappa shape index (κ3) is 3.08. The van der Waals surface area contributed by atoms with Crippen LogP contribution in [0.15, 0.2) is 36.5 Å². The van der Waals surface area contributed by atoms with Crippen LogP contribution >= 0.6 is 0 Å². The Kier molecular flexibility index (Phi) is 4.09. The van der Waals surface area contributed by atoms with Gasteiger partial charge in [-0.15, -0.1) is 0 Å². The Bertz CT molecular complexity index is 631. The number of hydrogen-bond donors (Lipinski definition) is 1. The van der Waals surface area contributed by atoms with Gasteiger partial charge < -0.3 is 5.32 Å². The number of fused-ring (bicyclic) bond motifs is 1. The topological polar surface area (TPSA) is 65.8 Å². The zero-order valence-corrected chi connectivity index (χ0v) is 10.8. The van der Waals surface area contributed by atoms with Crippen molar-refractivity contribution in [3.63, 3.8) is 0 Å². The molecule has 2 aromatic rings. The SMILES string of the molecule is CCCC(C#N)NC(=O)c1ccc2ncccc2c1. The molecule has 0 bridgehead atoms. The number of benzene rings is 1. The van der Waals surface area contributed by atoms with Crippen molar-refractivity contribution in [2.24, 2.45) is 0 Å². The highest BCUT2D eigenvalue weighted by atomic mass is 16.1. The highest BCUT2D eigenvalue weighted by Crippen LogP contribution is 2.13. The van der Waals surface area contributed by atoms with E-state index in [1.807, 2.05) is 25.1 Å². The molecule has 1 atom stereocenters. The molecule has 0 radical (unpaired) electrons. The standard InChI is InChI=1S/C15H15N3O/c1-2-4-13(10-16)18-15(19)12-6-7-14-11(9-12)5-3-8-17-14/h3,5-9,13H,2,4H2,1H3,(H,18,19). The van der Waals surface area contributed by atoms with Crippen molar-refractivity contribution in [2.75, 3.05) is 0 Å². The maximum absolute atomic E-state index is 12.0. The van der Waals surface area contributed by atoms with Crippen LogP contribution in [-0.4, -0.2) is 16.9 Å². The Labute approximate surface area is 112 Å². The van der Waals surface area contributed by atoms with E-state index in [4.69, 9.17) is 5.26 Å². The van der Waals surface area contributed by atoms with E-state index in [-0.39, 0.29) is 5.91 Å². The molecule has 4 nitrogen and oxygen atoms in total. The van der Waals surface area contributed by atoms with Crippen LogP contribution in [0.1, 0.15) is 30.1 Å². The van der Waals surface area contributed by atoms with Crippen molar-refractivity contribution in [1.82, 2.24) is 10.3 Å². The number of rotatable bonds is 4. The molecule has 0 fully saturated rings. The highest BCUT2D eigenvalue weighted by molar-refractivity contribution is 5.98. The lowest BCUT2D eigenvalue weighted by molar-refractivity contribution is 0.0944. The van der Waals surface area contributed by atoms with E-state index in [9.17, 15) is 4.79 Å². The average molecular weight is 253 g/mol. The number of amides is 1. The van der Waals surface area contributed by atoms with Gasteiger partial charge in [0.1, 0.15) is 6.04 Å². The largest absolute Gasteiger partial charge is 0.336 e. The summed E-state index contributed by atoms with van der Waals surface area (Å²) in [6.07, 6.45) is 3.24. The Hall–Kier alpha value is -2.41. The maximum atomic E-state index is 12.0. The number of nitrogens with zero attached hydrogens (tertiary/aromatic N) is 2. The van der Waals surface area contributed by atoms with Crippen molar-refractivity contribution in [1.29, 1.82) is 5.26 Å². The van der Waals surface area contributed by atoms with Crippen molar-refractivity contribution >= 4 is 16.8 Å². The first-order valence-electron chi connectivity index (χ1n) is 6.30. The van der Waals surface area contributed by atoms with Crippen molar-refractivity contribution in [3.05, 3.63) is 42.1 Å². The average Bonchev–Trinajstić information content (AvgIpc) is 2.46. The lowest BCUT2D eigenvalue weighted by Crippen LogP contribution is -2.33. The number of nitrogens with one attached hydrogen (secondary N) is 1. The Morgan fingerprint density at radius 1 is 1.47 bits per heavy atom. The summed E-state index contributed by atoms with van der Waals surface area (Å²) >= 11 is 0. The van der Waals surface area contributed by atoms with Gasteiger partial charge in [-0.3, -0.25) is 9.78 Å². The molecule has 1 unspecified atom stereocenters. The van der Waals surface area contributed by atoms with Crippen LogP contribution < -0.4 is 5.32 Å². The molecule has 4 heteroatoms. The fourth-order valence-corrected chi connectivity index (χ4v) is 1.92. The molecule has 0 aliphatic heterocycles. The third-order valence-corrected chi connectivity index (χ3v) is 2.90. The van der Waals surface area contributed by atoms with E-state index in [0.717, 1.165) is 17.3 Å². The van der Waals surface area contributed by atoms with E-state index in [2.05, 4.69) is 16.4 Å². The molecule has 0 aliphatic carbocycles. The van der Waals surface area contributed by atoms with Gasteiger partial charge in [0.15, 0.2) is 0 Å². The summed E-state index contributed by atoms with van der Waals surface area (Å²) < 4.78 is 0. The second-order valence-corrected chi connectivity index (χ2v) is 4.35. The molecule has 0 spiro atoms. The van der Waals surface area contributed by atoms with Crippen molar-refractivity contribution in [2.45, 2.75) is 25.8 Å². The molecule has 1 amide bonds. The molecule has 0 saturated carbocycles. The zero-order chi connectivity index (χ0) is 13.7. The number of pyridine rings is 1. The van der Waals surface area contributed by atoms with Crippen LogP contribution in [0.2, 0.25) is 0 Å². The Morgan fingerprint density at radius 3 is 3.05 bits per heavy atom. The first-order chi connectivity index (χ1) is 9.24. The molecule has 0 aliphatic rings. The van der Waals surface area contributed by atoms with Crippen LogP contribution in [0, 0.1) is 11.3 Å². The van der Waals surface area contributed by atoms with E-state index in [1.54, 1.807) is 18.3 Å². The van der Waals surface area contributed by atoms with Gasteiger partial charge >= 0.3 is 0 Å². The van der Waals surface area contributed by atoms with Crippen LogP contribution in [-0.2, 0) is 0 Å². The van der Waals surface area contributed by atoms with Gasteiger partial charge in [0.25, 0.3) is 5.91 Å². The van der Waals surface area contributed by atoms with Crippen LogP contribution in [0.3, 0.4) is 0 Å². The number of carbonyl (C=O) groups excluding carboxylic acids is 1. The summed E-state index contributed by atoms with van der Waals surface area (Å²) in [6, 6.07) is 10.7. The summed E-state index contributed by atoms with van der Waals surface area (Å²) in [5.41, 5.74) is 1.40. The minimum Gasteiger partial charge on any atom is -0.336 e. The smallest absolute Gasteiger partial charge is 0.252 e. The van der Waals surface area contributed by atoms with Gasteiger partial charge in [-0.1, -0.05) is 19.4 Å². The monoisotopic (exact) mass is 253 g/mol. The number of hydrogen-bond acceptors (Lipinski definition) is 3. The third-order valence-electron chi connectivity index (χ3n) is 2.90. The van der Waals surface area contributed by atoms with E-state index >= 15 is 0 Å². The molecular weight excluding hydrogens is 238 g/mol. The zero-order valence-electron chi connectivity index (χ0n) is 10.8. The van der Waals surface area contributed by atoms with Crippen molar-refractivity contribution < 1.29 is 4.79 Å². The van der Waals surface area contributed by atoms with Gasteiger partial charge in [-0.2, -0.15) is 5.26 Å². The van der Waals surface area contributed by atoms with Crippen LogP contribution in [0.25, 0.3) is 10.9 Å². The van der Waals surface area contributed by atoms with Crippen LogP contribution in [0.4, 0.5) is 0 Å². The fourth-order valence-electron chi connectivity index (χ4n) is 1.92. The van der Waals surface area contributed by atoms with Crippen LogP contribution in [0.5, 0.6) is 0 Å². The normalized spacial score (nSPS) is 11.8. The molecule has 2 rings (SSSR count). The molecule has 1 N–H and O–H groups in total. The first kappa shape index (κ1) is 13.0. The molecule has 0 saturated heterocycles. The molecule has 19 heavy (non-hydrogen) atoms. The van der Waals surface area contributed by atoms with Gasteiger partial charge in [-0.25, -0.2) is 0 Å². The first-order valence-corrected chi connectivity index (χ1v) is 6.30. The molecule has 96 valence electrons. The van der Waals surface area contributed by atoms with E-state index < -0.39 is 6.04 Å². The van der Waals surface area contributed by atoms with E-state index in [1.165, 1.54) is 0 Å². The maximum Gasteiger partial charge on any atom is 0.252 e. The predicted octanol–water partition coefficient (Wildman–Crippen LogP) is 2.66. The molecule has 1 aromatic carbocycles. The van der Waals surface area contributed by atoms with Crippen molar-refractivity contribution in [3.8, 4) is 6.07 Å². The predicted molar refractivity (Wildman–Crippen MR) is 73.5 cm³/mol. The fraction of sp³-hybridized carbons (Fsp3) is 0.267. The Morgan fingerprint density at radius 2 is 2.32 bits per heavy atom. The Balaban J connectivity index is 2.19. The minimum absolute atomic E-state index is 0.217. The summed E-state index contributed by atoms with van der Waals surface area (Å²) in [7, 11) is 0. The van der Waals surface area contributed by atoms with Gasteiger partial charge in [0, 0.05) is 17.1 Å². The minimum atomic E-state index is -0.429. The summed E-state index contributed by atoms with van der Waals surface area (Å²) in [4.78, 5) is 16.3. The number of nitriles is 1. The molecular formula is C15H15N3O. The number of carbonyl (C=O) groups is 1. The molecule has 1 heterocycles. The summed E-state index contributed by atoms with van der Waals surface area (Å²) in [6.45, 7) is 1.98. The second kappa shape index (κ2) is 5.96. The second-order valence-electron chi connectivity index (χ2n) is 4.35. The summed E-state index contributed by atoms with van der Waals surface area (Å²) in [5.74, 6) is -0.217. The lowest BCUT2D eigenvalue weighted by Gasteiger charge is -2.10. The highest BCUT2D eigenvalue weighted by Gasteiger charge is 2.12. The van der Waals surface area contributed by atoms with Gasteiger partial charge in [-0.05, 0) is 30.7 Å². The van der Waals surface area contributed by atoms with E-state index in [0.29, 0.717) is 12.0 Å². The lowest BCUT2D eigenvalue weighted by atomic mass is 10.1. The van der Waals surface area contributed by atoms with Gasteiger partial charge in [0.2, 0.25) is 0 Å². The summed E-state index contributed by atoms with van der Waals surface area (Å²) in [5, 5.41) is 12.6.